The van der Waals surface area contributed by atoms with Crippen molar-refractivity contribution < 1.29 is 0 Å². The Hall–Kier alpha value is -2.74. The van der Waals surface area contributed by atoms with Gasteiger partial charge in [-0.3, -0.25) is 0 Å². The van der Waals surface area contributed by atoms with E-state index in [4.69, 9.17) is 11.5 Å². The van der Waals surface area contributed by atoms with E-state index in [2.05, 4.69) is 18.2 Å². The fourth-order valence-corrected chi connectivity index (χ4v) is 2.46. The lowest BCUT2D eigenvalue weighted by molar-refractivity contribution is 1.57. The Morgan fingerprint density at radius 2 is 1.10 bits per heavy atom. The molecule has 3 aromatic carbocycles. The Labute approximate surface area is 118 Å². The van der Waals surface area contributed by atoms with Gasteiger partial charge in [-0.2, -0.15) is 0 Å². The number of para-hydroxylation sites is 1. The first-order valence-electron chi connectivity index (χ1n) is 6.56. The SMILES string of the molecule is Nc1ccccc1-c1cccc(N)c1-c1ccccc1. The minimum Gasteiger partial charge on any atom is -0.398 e. The lowest BCUT2D eigenvalue weighted by Gasteiger charge is -2.14. The first-order valence-corrected chi connectivity index (χ1v) is 6.56. The zero-order valence-electron chi connectivity index (χ0n) is 11.1. The summed E-state index contributed by atoms with van der Waals surface area (Å²) in [6.07, 6.45) is 0. The molecule has 0 saturated carbocycles. The number of benzene rings is 3. The van der Waals surface area contributed by atoms with Crippen LogP contribution in [-0.2, 0) is 0 Å². The molecule has 0 saturated heterocycles. The highest BCUT2D eigenvalue weighted by atomic mass is 14.6. The highest BCUT2D eigenvalue weighted by Crippen LogP contribution is 2.38. The van der Waals surface area contributed by atoms with Crippen LogP contribution in [0.2, 0.25) is 0 Å². The number of nitrogens with two attached hydrogens (primary N) is 2. The zero-order valence-corrected chi connectivity index (χ0v) is 11.1. The Bertz CT molecular complexity index is 733. The Balaban J connectivity index is 2.28. The van der Waals surface area contributed by atoms with Crippen molar-refractivity contribution in [2.45, 2.75) is 0 Å². The van der Waals surface area contributed by atoms with Crippen LogP contribution in [0.1, 0.15) is 0 Å². The monoisotopic (exact) mass is 260 g/mol. The van der Waals surface area contributed by atoms with Gasteiger partial charge < -0.3 is 11.5 Å². The van der Waals surface area contributed by atoms with Crippen LogP contribution < -0.4 is 11.5 Å². The third-order valence-corrected chi connectivity index (χ3v) is 3.41. The van der Waals surface area contributed by atoms with Gasteiger partial charge in [0.05, 0.1) is 0 Å². The molecule has 0 bridgehead atoms. The number of rotatable bonds is 2. The highest BCUT2D eigenvalue weighted by molar-refractivity contribution is 5.94. The van der Waals surface area contributed by atoms with Crippen molar-refractivity contribution in [3.05, 3.63) is 72.8 Å². The molecule has 4 N–H and O–H groups in total. The minimum atomic E-state index is 0.760. The lowest BCUT2D eigenvalue weighted by Crippen LogP contribution is -1.95. The van der Waals surface area contributed by atoms with Crippen LogP contribution in [0.4, 0.5) is 11.4 Å². The summed E-state index contributed by atoms with van der Waals surface area (Å²) in [5.74, 6) is 0. The van der Waals surface area contributed by atoms with Crippen molar-refractivity contribution in [2.75, 3.05) is 11.5 Å². The van der Waals surface area contributed by atoms with Crippen LogP contribution in [0, 0.1) is 0 Å². The second-order valence-corrected chi connectivity index (χ2v) is 4.72. The number of anilines is 2. The second kappa shape index (κ2) is 5.10. The zero-order chi connectivity index (χ0) is 13.9. The van der Waals surface area contributed by atoms with Gasteiger partial charge in [0.15, 0.2) is 0 Å². The summed E-state index contributed by atoms with van der Waals surface area (Å²) >= 11 is 0. The van der Waals surface area contributed by atoms with Gasteiger partial charge in [-0.25, -0.2) is 0 Å². The summed E-state index contributed by atoms with van der Waals surface area (Å²) in [7, 11) is 0. The Morgan fingerprint density at radius 1 is 0.500 bits per heavy atom. The summed E-state index contributed by atoms with van der Waals surface area (Å²) < 4.78 is 0. The standard InChI is InChI=1S/C18H16N2/c19-16-11-5-4-9-14(16)15-10-6-12-17(20)18(15)13-7-2-1-3-8-13/h1-12H,19-20H2. The lowest BCUT2D eigenvalue weighted by atomic mass is 9.92. The van der Waals surface area contributed by atoms with Crippen LogP contribution in [-0.4, -0.2) is 0 Å². The van der Waals surface area contributed by atoms with Gasteiger partial charge in [0.2, 0.25) is 0 Å². The predicted octanol–water partition coefficient (Wildman–Crippen LogP) is 4.19. The second-order valence-electron chi connectivity index (χ2n) is 4.72. The molecule has 2 heteroatoms. The van der Waals surface area contributed by atoms with E-state index in [9.17, 15) is 0 Å². The van der Waals surface area contributed by atoms with Gasteiger partial charge in [0, 0.05) is 22.5 Å². The van der Waals surface area contributed by atoms with Gasteiger partial charge in [0.1, 0.15) is 0 Å². The molecule has 3 rings (SSSR count). The Kier molecular flexibility index (Phi) is 3.13. The maximum Gasteiger partial charge on any atom is 0.0400 e. The largest absolute Gasteiger partial charge is 0.398 e. The molecule has 0 aliphatic rings. The maximum atomic E-state index is 6.20. The first kappa shape index (κ1) is 12.3. The molecule has 0 heterocycles. The summed E-state index contributed by atoms with van der Waals surface area (Å²) in [5.41, 5.74) is 18.0. The van der Waals surface area contributed by atoms with Crippen LogP contribution in [0.5, 0.6) is 0 Å². The van der Waals surface area contributed by atoms with E-state index < -0.39 is 0 Å². The molecule has 0 unspecified atom stereocenters. The topological polar surface area (TPSA) is 52.0 Å². The van der Waals surface area contributed by atoms with Gasteiger partial charge in [0.25, 0.3) is 0 Å². The molecule has 0 fully saturated rings. The fraction of sp³-hybridized carbons (Fsp3) is 0. The van der Waals surface area contributed by atoms with Crippen molar-refractivity contribution in [3.8, 4) is 22.3 Å². The predicted molar refractivity (Wildman–Crippen MR) is 86.1 cm³/mol. The third kappa shape index (κ3) is 2.12. The molecule has 0 aliphatic heterocycles. The molecule has 20 heavy (non-hydrogen) atoms. The molecule has 98 valence electrons. The van der Waals surface area contributed by atoms with Crippen LogP contribution in [0.25, 0.3) is 22.3 Å². The molecular formula is C18H16N2. The van der Waals surface area contributed by atoms with E-state index in [-0.39, 0.29) is 0 Å². The van der Waals surface area contributed by atoms with Gasteiger partial charge in [-0.1, -0.05) is 60.7 Å². The van der Waals surface area contributed by atoms with Crippen molar-refractivity contribution in [3.63, 3.8) is 0 Å². The van der Waals surface area contributed by atoms with E-state index in [1.165, 1.54) is 0 Å². The molecule has 0 aromatic heterocycles. The molecule has 2 nitrogen and oxygen atoms in total. The Morgan fingerprint density at radius 3 is 1.85 bits per heavy atom. The van der Waals surface area contributed by atoms with Crippen LogP contribution in [0.3, 0.4) is 0 Å². The highest BCUT2D eigenvalue weighted by Gasteiger charge is 2.11. The fourth-order valence-electron chi connectivity index (χ4n) is 2.46. The third-order valence-electron chi connectivity index (χ3n) is 3.41. The molecule has 0 radical (unpaired) electrons. The van der Waals surface area contributed by atoms with Gasteiger partial charge in [-0.05, 0) is 23.3 Å². The number of nitrogen functional groups attached to an aromatic ring is 2. The van der Waals surface area contributed by atoms with Gasteiger partial charge in [-0.15, -0.1) is 0 Å². The van der Waals surface area contributed by atoms with E-state index in [1.54, 1.807) is 0 Å². The van der Waals surface area contributed by atoms with Crippen molar-refractivity contribution in [1.82, 2.24) is 0 Å². The molecule has 0 amide bonds. The van der Waals surface area contributed by atoms with Crippen LogP contribution in [0.15, 0.2) is 72.8 Å². The van der Waals surface area contributed by atoms with Crippen LogP contribution >= 0.6 is 0 Å². The van der Waals surface area contributed by atoms with E-state index >= 15 is 0 Å². The summed E-state index contributed by atoms with van der Waals surface area (Å²) in [4.78, 5) is 0. The summed E-state index contributed by atoms with van der Waals surface area (Å²) in [6.45, 7) is 0. The minimum absolute atomic E-state index is 0.760. The van der Waals surface area contributed by atoms with Crippen molar-refractivity contribution in [2.24, 2.45) is 0 Å². The summed E-state index contributed by atoms with van der Waals surface area (Å²) in [5, 5.41) is 0. The number of hydrogen-bond acceptors (Lipinski definition) is 2. The summed E-state index contributed by atoms with van der Waals surface area (Å²) in [6, 6.07) is 24.0. The molecule has 0 aliphatic carbocycles. The average Bonchev–Trinajstić information content (AvgIpc) is 2.48. The number of hydrogen-bond donors (Lipinski definition) is 2. The van der Waals surface area contributed by atoms with Crippen molar-refractivity contribution >= 4 is 11.4 Å². The van der Waals surface area contributed by atoms with Crippen molar-refractivity contribution in [1.29, 1.82) is 0 Å². The average molecular weight is 260 g/mol. The van der Waals surface area contributed by atoms with E-state index in [1.807, 2.05) is 54.6 Å². The normalized spacial score (nSPS) is 10.4. The van der Waals surface area contributed by atoms with Gasteiger partial charge >= 0.3 is 0 Å². The molecule has 0 atom stereocenters. The molecule has 0 spiro atoms. The smallest absolute Gasteiger partial charge is 0.0400 e. The van der Waals surface area contributed by atoms with E-state index in [0.717, 1.165) is 33.6 Å². The molecular weight excluding hydrogens is 244 g/mol. The first-order chi connectivity index (χ1) is 9.77. The molecule has 3 aromatic rings. The van der Waals surface area contributed by atoms with E-state index in [0.29, 0.717) is 0 Å². The quantitative estimate of drug-likeness (QED) is 0.679. The maximum absolute atomic E-state index is 6.20.